The number of nitrogens with zero attached hydrogens (tertiary/aromatic N) is 4. The van der Waals surface area contributed by atoms with Gasteiger partial charge in [-0.15, -0.1) is 0 Å². The van der Waals surface area contributed by atoms with E-state index in [2.05, 4.69) is 101 Å². The van der Waals surface area contributed by atoms with E-state index in [1.807, 2.05) is 0 Å². The van der Waals surface area contributed by atoms with Gasteiger partial charge >= 0.3 is 0 Å². The van der Waals surface area contributed by atoms with E-state index in [1.54, 1.807) is 0 Å². The van der Waals surface area contributed by atoms with Gasteiger partial charge < -0.3 is 4.90 Å². The molecule has 140 valence electrons. The van der Waals surface area contributed by atoms with Crippen molar-refractivity contribution in [2.24, 2.45) is 0 Å². The van der Waals surface area contributed by atoms with Crippen LogP contribution in [0.15, 0.2) is 60.7 Å². The fourth-order valence-corrected chi connectivity index (χ4v) is 3.61. The van der Waals surface area contributed by atoms with E-state index >= 15 is 0 Å². The van der Waals surface area contributed by atoms with E-state index in [0.717, 1.165) is 26.3 Å². The summed E-state index contributed by atoms with van der Waals surface area (Å²) in [6.45, 7) is 9.15. The first-order valence-corrected chi connectivity index (χ1v) is 9.60. The smallest absolute Gasteiger partial charge is 0.0790 e. The molecule has 0 spiro atoms. The minimum Gasteiger partial charge on any atom is -0.355 e. The molecule has 0 aromatic heterocycles. The van der Waals surface area contributed by atoms with Crippen molar-refractivity contribution in [3.63, 3.8) is 0 Å². The molecule has 1 unspecified atom stereocenters. The van der Waals surface area contributed by atoms with Gasteiger partial charge in [0.15, 0.2) is 0 Å². The van der Waals surface area contributed by atoms with Crippen molar-refractivity contribution in [2.75, 3.05) is 51.8 Å². The molecule has 2 heterocycles. The lowest BCUT2D eigenvalue weighted by Gasteiger charge is -2.26. The summed E-state index contributed by atoms with van der Waals surface area (Å²) in [5, 5.41) is 0. The molecule has 2 aromatic rings. The number of anilines is 1. The van der Waals surface area contributed by atoms with Crippen LogP contribution in [0.5, 0.6) is 0 Å². The predicted molar refractivity (Wildman–Crippen MR) is 110 cm³/mol. The predicted octanol–water partition coefficient (Wildman–Crippen LogP) is 3.18. The van der Waals surface area contributed by atoms with Crippen molar-refractivity contribution in [3.8, 4) is 0 Å². The minimum absolute atomic E-state index is 0.530. The first kappa shape index (κ1) is 18.9. The Morgan fingerprint density at radius 2 is 1.46 bits per heavy atom. The summed E-state index contributed by atoms with van der Waals surface area (Å²) in [5.41, 5.74) is 2.75. The van der Waals surface area contributed by atoms with Gasteiger partial charge in [-0.3, -0.25) is 14.7 Å². The standard InChI is InChI=1S/2C11H16N2/c1-10-12(2)8-9-13(10)11-6-4-3-5-7-11;1-12-7-8-13(10-12)9-11-5-3-2-4-6-11/h3-7,10H,8-9H2,1-2H3;2-6H,7-10H2,1H3. The third-order valence-corrected chi connectivity index (χ3v) is 5.36. The fourth-order valence-electron chi connectivity index (χ4n) is 3.61. The number of hydrogen-bond acceptors (Lipinski definition) is 4. The van der Waals surface area contributed by atoms with Gasteiger partial charge in [0, 0.05) is 38.4 Å². The highest BCUT2D eigenvalue weighted by Gasteiger charge is 2.24. The second-order valence-electron chi connectivity index (χ2n) is 7.40. The second kappa shape index (κ2) is 9.17. The van der Waals surface area contributed by atoms with Crippen LogP contribution in [0.2, 0.25) is 0 Å². The van der Waals surface area contributed by atoms with Crippen molar-refractivity contribution in [1.82, 2.24) is 14.7 Å². The second-order valence-corrected chi connectivity index (χ2v) is 7.40. The molecule has 4 nitrogen and oxygen atoms in total. The molecular formula is C22H32N4. The Hall–Kier alpha value is -1.88. The first-order chi connectivity index (χ1) is 12.6. The number of likely N-dealkylation sites (N-methyl/N-ethyl adjacent to an activating group) is 2. The summed E-state index contributed by atoms with van der Waals surface area (Å²) in [6.07, 6.45) is 0.530. The van der Waals surface area contributed by atoms with Crippen molar-refractivity contribution >= 4 is 5.69 Å². The molecule has 2 aliphatic heterocycles. The summed E-state index contributed by atoms with van der Waals surface area (Å²) in [5.74, 6) is 0. The highest BCUT2D eigenvalue weighted by molar-refractivity contribution is 5.47. The maximum atomic E-state index is 2.47. The lowest BCUT2D eigenvalue weighted by atomic mass is 10.2. The van der Waals surface area contributed by atoms with Crippen molar-refractivity contribution in [1.29, 1.82) is 0 Å². The molecule has 0 N–H and O–H groups in total. The van der Waals surface area contributed by atoms with Crippen LogP contribution in [0, 0.1) is 0 Å². The van der Waals surface area contributed by atoms with Crippen LogP contribution in [-0.2, 0) is 6.54 Å². The Bertz CT molecular complexity index is 646. The zero-order valence-electron chi connectivity index (χ0n) is 16.4. The van der Waals surface area contributed by atoms with E-state index in [4.69, 9.17) is 0 Å². The summed E-state index contributed by atoms with van der Waals surface area (Å²) in [6, 6.07) is 21.3. The van der Waals surface area contributed by atoms with Gasteiger partial charge in [0.2, 0.25) is 0 Å². The van der Waals surface area contributed by atoms with E-state index in [-0.39, 0.29) is 0 Å². The first-order valence-electron chi connectivity index (χ1n) is 9.60. The highest BCUT2D eigenvalue weighted by Crippen LogP contribution is 2.21. The molecule has 0 saturated carbocycles. The molecule has 1 atom stereocenters. The van der Waals surface area contributed by atoms with Crippen LogP contribution >= 0.6 is 0 Å². The molecule has 4 rings (SSSR count). The maximum Gasteiger partial charge on any atom is 0.0790 e. The average Bonchev–Trinajstić information content (AvgIpc) is 3.23. The summed E-state index contributed by atoms with van der Waals surface area (Å²) < 4.78 is 0. The largest absolute Gasteiger partial charge is 0.355 e. The maximum absolute atomic E-state index is 2.47. The molecule has 2 aliphatic rings. The Kier molecular flexibility index (Phi) is 6.67. The molecule has 2 aromatic carbocycles. The molecule has 0 bridgehead atoms. The quantitative estimate of drug-likeness (QED) is 0.841. The van der Waals surface area contributed by atoms with Gasteiger partial charge in [-0.05, 0) is 38.7 Å². The van der Waals surface area contributed by atoms with Crippen LogP contribution in [0.25, 0.3) is 0 Å². The van der Waals surface area contributed by atoms with Crippen molar-refractivity contribution in [2.45, 2.75) is 19.6 Å². The van der Waals surface area contributed by atoms with Gasteiger partial charge in [0.25, 0.3) is 0 Å². The number of rotatable bonds is 3. The Morgan fingerprint density at radius 1 is 0.808 bits per heavy atom. The molecule has 26 heavy (non-hydrogen) atoms. The third kappa shape index (κ3) is 5.07. The molecule has 0 aliphatic carbocycles. The molecule has 2 fully saturated rings. The summed E-state index contributed by atoms with van der Waals surface area (Å²) in [4.78, 5) is 9.62. The Morgan fingerprint density at radius 3 is 2.00 bits per heavy atom. The Balaban J connectivity index is 0.000000151. The number of hydrogen-bond donors (Lipinski definition) is 0. The zero-order chi connectivity index (χ0) is 18.4. The van der Waals surface area contributed by atoms with Crippen LogP contribution in [-0.4, -0.2) is 67.8 Å². The van der Waals surface area contributed by atoms with Gasteiger partial charge in [-0.2, -0.15) is 0 Å². The fraction of sp³-hybridized carbons (Fsp3) is 0.455. The van der Waals surface area contributed by atoms with Gasteiger partial charge in [-0.25, -0.2) is 0 Å². The van der Waals surface area contributed by atoms with Gasteiger partial charge in [0.1, 0.15) is 0 Å². The average molecular weight is 353 g/mol. The number of para-hydroxylation sites is 1. The zero-order valence-corrected chi connectivity index (χ0v) is 16.4. The molecule has 0 amide bonds. The molecule has 2 saturated heterocycles. The SMILES string of the molecule is CC1N(C)CCN1c1ccccc1.CN1CCN(Cc2ccccc2)C1. The van der Waals surface area contributed by atoms with Crippen LogP contribution < -0.4 is 4.90 Å². The summed E-state index contributed by atoms with van der Waals surface area (Å²) in [7, 11) is 4.35. The normalized spacial score (nSPS) is 21.7. The summed E-state index contributed by atoms with van der Waals surface area (Å²) >= 11 is 0. The molecule has 4 heteroatoms. The van der Waals surface area contributed by atoms with E-state index in [9.17, 15) is 0 Å². The highest BCUT2D eigenvalue weighted by atomic mass is 15.4. The van der Waals surface area contributed by atoms with Crippen molar-refractivity contribution in [3.05, 3.63) is 66.2 Å². The molecular weight excluding hydrogens is 320 g/mol. The van der Waals surface area contributed by atoms with Gasteiger partial charge in [-0.1, -0.05) is 48.5 Å². The topological polar surface area (TPSA) is 13.0 Å². The lowest BCUT2D eigenvalue weighted by molar-refractivity contribution is 0.268. The lowest BCUT2D eigenvalue weighted by Crippen LogP contribution is -2.33. The van der Waals surface area contributed by atoms with E-state index < -0.39 is 0 Å². The van der Waals surface area contributed by atoms with Crippen LogP contribution in [0.1, 0.15) is 12.5 Å². The molecule has 0 radical (unpaired) electrons. The van der Waals surface area contributed by atoms with Crippen LogP contribution in [0.3, 0.4) is 0 Å². The van der Waals surface area contributed by atoms with E-state index in [0.29, 0.717) is 6.17 Å². The van der Waals surface area contributed by atoms with Crippen LogP contribution in [0.4, 0.5) is 5.69 Å². The third-order valence-electron chi connectivity index (χ3n) is 5.36. The number of benzene rings is 2. The van der Waals surface area contributed by atoms with Crippen molar-refractivity contribution < 1.29 is 0 Å². The van der Waals surface area contributed by atoms with Gasteiger partial charge in [0.05, 0.1) is 12.8 Å². The minimum atomic E-state index is 0.530. The Labute approximate surface area is 158 Å². The monoisotopic (exact) mass is 352 g/mol. The van der Waals surface area contributed by atoms with E-state index in [1.165, 1.54) is 24.3 Å².